The minimum atomic E-state index is -0.593. The first-order valence-electron chi connectivity index (χ1n) is 5.81. The predicted octanol–water partition coefficient (Wildman–Crippen LogP) is 2.41. The highest BCUT2D eigenvalue weighted by atomic mass is 16.5. The number of benzene rings is 1. The van der Waals surface area contributed by atoms with Crippen LogP contribution in [0, 0.1) is 0 Å². The van der Waals surface area contributed by atoms with Gasteiger partial charge in [0.2, 0.25) is 0 Å². The van der Waals surface area contributed by atoms with Crippen molar-refractivity contribution in [1.29, 1.82) is 0 Å². The van der Waals surface area contributed by atoms with Gasteiger partial charge < -0.3 is 14.8 Å². The third-order valence-corrected chi connectivity index (χ3v) is 2.45. The van der Waals surface area contributed by atoms with Crippen LogP contribution in [0.15, 0.2) is 36.4 Å². The molecule has 7 heteroatoms. The van der Waals surface area contributed by atoms with Crippen molar-refractivity contribution in [2.24, 2.45) is 0 Å². The van der Waals surface area contributed by atoms with Crippen molar-refractivity contribution in [2.75, 3.05) is 24.9 Å². The van der Waals surface area contributed by atoms with Gasteiger partial charge in [0, 0.05) is 0 Å². The third kappa shape index (κ3) is 3.35. The zero-order chi connectivity index (χ0) is 14.4. The average Bonchev–Trinajstić information content (AvgIpc) is 2.49. The van der Waals surface area contributed by atoms with Crippen molar-refractivity contribution in [3.8, 4) is 5.75 Å². The number of ether oxygens (including phenoxy) is 2. The second-order valence-corrected chi connectivity index (χ2v) is 3.75. The molecule has 1 heterocycles. The summed E-state index contributed by atoms with van der Waals surface area (Å²) in [5.41, 5.74) is 0.776. The summed E-state index contributed by atoms with van der Waals surface area (Å²) in [6, 6.07) is 10.8. The molecule has 1 aromatic heterocycles. The Labute approximate surface area is 115 Å². The number of nitrogens with zero attached hydrogens (tertiary/aromatic N) is 2. The largest absolute Gasteiger partial charge is 0.495 e. The number of aromatic nitrogens is 2. The fourth-order valence-electron chi connectivity index (χ4n) is 1.51. The summed E-state index contributed by atoms with van der Waals surface area (Å²) in [6.45, 7) is 0. The van der Waals surface area contributed by atoms with Crippen LogP contribution in [-0.4, -0.2) is 30.5 Å². The lowest BCUT2D eigenvalue weighted by Crippen LogP contribution is -2.12. The van der Waals surface area contributed by atoms with Crippen LogP contribution in [0.4, 0.5) is 22.1 Å². The molecule has 2 N–H and O–H groups in total. The minimum Gasteiger partial charge on any atom is -0.495 e. The van der Waals surface area contributed by atoms with Crippen LogP contribution < -0.4 is 15.4 Å². The highest BCUT2D eigenvalue weighted by Crippen LogP contribution is 2.25. The van der Waals surface area contributed by atoms with Gasteiger partial charge in [0.25, 0.3) is 0 Å². The van der Waals surface area contributed by atoms with E-state index in [0.29, 0.717) is 17.4 Å². The molecule has 0 atom stereocenters. The number of rotatable bonds is 4. The van der Waals surface area contributed by atoms with E-state index in [1.807, 2.05) is 24.3 Å². The Morgan fingerprint density at radius 2 is 1.75 bits per heavy atom. The van der Waals surface area contributed by atoms with Crippen LogP contribution in [0.3, 0.4) is 0 Å². The number of carbonyl (C=O) groups excluding carboxylic acids is 1. The van der Waals surface area contributed by atoms with E-state index < -0.39 is 6.09 Å². The standard InChI is InChI=1S/C13H14N4O3/c1-19-10-6-4-3-5-9(10)14-11-7-8-12(17-16-11)15-13(18)20-2/h3-8H,1-2H3,(H,14,16)(H,15,17,18). The molecule has 0 radical (unpaired) electrons. The van der Waals surface area contributed by atoms with Gasteiger partial charge >= 0.3 is 6.09 Å². The number of hydrogen-bond donors (Lipinski definition) is 2. The molecule has 0 saturated heterocycles. The van der Waals surface area contributed by atoms with Crippen molar-refractivity contribution in [1.82, 2.24) is 10.2 Å². The lowest BCUT2D eigenvalue weighted by Gasteiger charge is -2.10. The predicted molar refractivity (Wildman–Crippen MR) is 74.3 cm³/mol. The van der Waals surface area contributed by atoms with Crippen molar-refractivity contribution in [3.63, 3.8) is 0 Å². The molecule has 0 spiro atoms. The van der Waals surface area contributed by atoms with Gasteiger partial charge in [-0.1, -0.05) is 12.1 Å². The monoisotopic (exact) mass is 274 g/mol. The number of methoxy groups -OCH3 is 2. The normalized spacial score (nSPS) is 9.70. The van der Waals surface area contributed by atoms with Crippen molar-refractivity contribution < 1.29 is 14.3 Å². The topological polar surface area (TPSA) is 85.4 Å². The average molecular weight is 274 g/mol. The van der Waals surface area contributed by atoms with Crippen molar-refractivity contribution in [2.45, 2.75) is 0 Å². The highest BCUT2D eigenvalue weighted by Gasteiger charge is 2.05. The molecule has 0 aliphatic carbocycles. The molecule has 104 valence electrons. The Morgan fingerprint density at radius 1 is 1.05 bits per heavy atom. The molecule has 0 aliphatic rings. The van der Waals surface area contributed by atoms with E-state index in [2.05, 4.69) is 25.6 Å². The van der Waals surface area contributed by atoms with Gasteiger partial charge in [-0.05, 0) is 24.3 Å². The van der Waals surface area contributed by atoms with Crippen LogP contribution in [0.25, 0.3) is 0 Å². The first kappa shape index (κ1) is 13.6. The number of hydrogen-bond acceptors (Lipinski definition) is 6. The van der Waals surface area contributed by atoms with Gasteiger partial charge in [-0.3, -0.25) is 5.32 Å². The number of carbonyl (C=O) groups is 1. The SMILES string of the molecule is COC(=O)Nc1ccc(Nc2ccccc2OC)nn1. The maximum atomic E-state index is 11.0. The van der Waals surface area contributed by atoms with E-state index >= 15 is 0 Å². The Kier molecular flexibility index (Phi) is 4.33. The third-order valence-electron chi connectivity index (χ3n) is 2.45. The molecule has 7 nitrogen and oxygen atoms in total. The lowest BCUT2D eigenvalue weighted by molar-refractivity contribution is 0.187. The van der Waals surface area contributed by atoms with E-state index in [-0.39, 0.29) is 0 Å². The van der Waals surface area contributed by atoms with E-state index in [1.54, 1.807) is 19.2 Å². The van der Waals surface area contributed by atoms with E-state index in [4.69, 9.17) is 4.74 Å². The zero-order valence-corrected chi connectivity index (χ0v) is 11.1. The molecular weight excluding hydrogens is 260 g/mol. The van der Waals surface area contributed by atoms with Gasteiger partial charge in [0.05, 0.1) is 19.9 Å². The summed E-state index contributed by atoms with van der Waals surface area (Å²) in [5, 5.41) is 13.3. The van der Waals surface area contributed by atoms with Gasteiger partial charge in [0.1, 0.15) is 5.75 Å². The molecule has 1 amide bonds. The second-order valence-electron chi connectivity index (χ2n) is 3.75. The van der Waals surface area contributed by atoms with E-state index in [9.17, 15) is 4.79 Å². The molecule has 0 bridgehead atoms. The summed E-state index contributed by atoms with van der Waals surface area (Å²) >= 11 is 0. The fraction of sp³-hybridized carbons (Fsp3) is 0.154. The maximum absolute atomic E-state index is 11.0. The van der Waals surface area contributed by atoms with E-state index in [1.165, 1.54) is 7.11 Å². The number of nitrogens with one attached hydrogen (secondary N) is 2. The van der Waals surface area contributed by atoms with Crippen molar-refractivity contribution in [3.05, 3.63) is 36.4 Å². The smallest absolute Gasteiger partial charge is 0.412 e. The fourth-order valence-corrected chi connectivity index (χ4v) is 1.51. The molecule has 0 unspecified atom stereocenters. The zero-order valence-electron chi connectivity index (χ0n) is 11.1. The maximum Gasteiger partial charge on any atom is 0.412 e. The van der Waals surface area contributed by atoms with Gasteiger partial charge in [-0.15, -0.1) is 10.2 Å². The summed E-state index contributed by atoms with van der Waals surface area (Å²) in [6.07, 6.45) is -0.593. The summed E-state index contributed by atoms with van der Waals surface area (Å²) in [7, 11) is 2.87. The molecule has 0 saturated carbocycles. The molecule has 0 aliphatic heterocycles. The molecule has 0 fully saturated rings. The van der Waals surface area contributed by atoms with Crippen LogP contribution in [-0.2, 0) is 4.74 Å². The second kappa shape index (κ2) is 6.37. The Hall–Kier alpha value is -2.83. The number of amides is 1. The highest BCUT2D eigenvalue weighted by molar-refractivity contribution is 5.83. The minimum absolute atomic E-state index is 0.308. The van der Waals surface area contributed by atoms with Gasteiger partial charge in [-0.2, -0.15) is 0 Å². The first-order valence-corrected chi connectivity index (χ1v) is 5.81. The molecule has 2 aromatic rings. The van der Waals surface area contributed by atoms with E-state index in [0.717, 1.165) is 5.69 Å². The number of anilines is 3. The summed E-state index contributed by atoms with van der Waals surface area (Å²) in [5.74, 6) is 1.54. The molecule has 1 aromatic carbocycles. The van der Waals surface area contributed by atoms with Crippen LogP contribution in [0.2, 0.25) is 0 Å². The Bertz CT molecular complexity index is 586. The first-order chi connectivity index (χ1) is 9.72. The summed E-state index contributed by atoms with van der Waals surface area (Å²) < 4.78 is 9.68. The lowest BCUT2D eigenvalue weighted by atomic mass is 10.3. The van der Waals surface area contributed by atoms with Gasteiger partial charge in [-0.25, -0.2) is 4.79 Å². The van der Waals surface area contributed by atoms with Crippen LogP contribution in [0.5, 0.6) is 5.75 Å². The quantitative estimate of drug-likeness (QED) is 0.890. The Balaban J connectivity index is 2.09. The Morgan fingerprint density at radius 3 is 2.40 bits per heavy atom. The van der Waals surface area contributed by atoms with Gasteiger partial charge in [0.15, 0.2) is 11.6 Å². The van der Waals surface area contributed by atoms with Crippen molar-refractivity contribution >= 4 is 23.4 Å². The summed E-state index contributed by atoms with van der Waals surface area (Å²) in [4.78, 5) is 11.0. The van der Waals surface area contributed by atoms with Crippen LogP contribution >= 0.6 is 0 Å². The number of para-hydroxylation sites is 2. The molecular formula is C13H14N4O3. The van der Waals surface area contributed by atoms with Crippen LogP contribution in [0.1, 0.15) is 0 Å². The molecule has 20 heavy (non-hydrogen) atoms. The molecule has 2 rings (SSSR count).